The summed E-state index contributed by atoms with van der Waals surface area (Å²) in [4.78, 5) is 25.1. The first-order chi connectivity index (χ1) is 8.52. The molecule has 1 aromatic carbocycles. The maximum absolute atomic E-state index is 13.0. The summed E-state index contributed by atoms with van der Waals surface area (Å²) in [6, 6.07) is 3.52. The maximum atomic E-state index is 13.0. The molecule has 0 aliphatic carbocycles. The van der Waals surface area contributed by atoms with Gasteiger partial charge in [0, 0.05) is 4.47 Å². The number of anilines is 1. The summed E-state index contributed by atoms with van der Waals surface area (Å²) in [5.41, 5.74) is 0.509. The fourth-order valence-electron chi connectivity index (χ4n) is 1.89. The number of hydrogen-bond acceptors (Lipinski definition) is 2. The first-order valence-electron chi connectivity index (χ1n) is 5.58. The molecule has 0 aromatic heterocycles. The van der Waals surface area contributed by atoms with Crippen molar-refractivity contribution in [2.45, 2.75) is 19.4 Å². The van der Waals surface area contributed by atoms with Crippen LogP contribution in [-0.4, -0.2) is 24.4 Å². The monoisotopic (exact) mass is 314 g/mol. The van der Waals surface area contributed by atoms with E-state index in [1.807, 2.05) is 6.92 Å². The lowest BCUT2D eigenvalue weighted by molar-refractivity contribution is -0.131. The predicted octanol–water partition coefficient (Wildman–Crippen LogP) is 1.83. The summed E-state index contributed by atoms with van der Waals surface area (Å²) in [5.74, 6) is -0.784. The molecule has 2 amide bonds. The highest BCUT2D eigenvalue weighted by molar-refractivity contribution is 9.10. The third-order valence-electron chi connectivity index (χ3n) is 2.81. The molecule has 1 aliphatic rings. The smallest absolute Gasteiger partial charge is 0.250 e. The second-order valence-electron chi connectivity index (χ2n) is 4.05. The van der Waals surface area contributed by atoms with E-state index in [0.29, 0.717) is 16.6 Å². The Hall–Kier alpha value is -1.43. The molecule has 18 heavy (non-hydrogen) atoms. The van der Waals surface area contributed by atoms with Gasteiger partial charge in [-0.1, -0.05) is 6.92 Å². The molecule has 4 nitrogen and oxygen atoms in total. The van der Waals surface area contributed by atoms with Crippen LogP contribution < -0.4 is 10.2 Å². The zero-order valence-electron chi connectivity index (χ0n) is 9.74. The number of nitrogens with zero attached hydrogens (tertiary/aromatic N) is 1. The Labute approximate surface area is 112 Å². The largest absolute Gasteiger partial charge is 0.343 e. The molecule has 1 unspecified atom stereocenters. The van der Waals surface area contributed by atoms with Gasteiger partial charge in [0.05, 0.1) is 5.69 Å². The number of halogens is 2. The van der Waals surface area contributed by atoms with Gasteiger partial charge in [0.25, 0.3) is 0 Å². The van der Waals surface area contributed by atoms with Crippen molar-refractivity contribution >= 4 is 33.4 Å². The van der Waals surface area contributed by atoms with Gasteiger partial charge < -0.3 is 10.2 Å². The molecule has 1 fully saturated rings. The van der Waals surface area contributed by atoms with E-state index in [4.69, 9.17) is 0 Å². The van der Waals surface area contributed by atoms with Gasteiger partial charge in [-0.2, -0.15) is 0 Å². The van der Waals surface area contributed by atoms with Gasteiger partial charge in [0.15, 0.2) is 0 Å². The quantitative estimate of drug-likeness (QED) is 0.905. The van der Waals surface area contributed by atoms with Crippen LogP contribution in [0.5, 0.6) is 0 Å². The number of nitrogens with one attached hydrogen (secondary N) is 1. The van der Waals surface area contributed by atoms with E-state index in [2.05, 4.69) is 21.2 Å². The van der Waals surface area contributed by atoms with Gasteiger partial charge in [-0.15, -0.1) is 0 Å². The van der Waals surface area contributed by atoms with E-state index in [1.165, 1.54) is 23.1 Å². The highest BCUT2D eigenvalue weighted by Crippen LogP contribution is 2.28. The number of carbonyl (C=O) groups is 2. The Morgan fingerprint density at radius 1 is 1.50 bits per heavy atom. The Kier molecular flexibility index (Phi) is 3.65. The molecule has 0 saturated carbocycles. The van der Waals surface area contributed by atoms with E-state index in [0.717, 1.165) is 0 Å². The summed E-state index contributed by atoms with van der Waals surface area (Å²) < 4.78 is 13.5. The van der Waals surface area contributed by atoms with E-state index < -0.39 is 11.9 Å². The second kappa shape index (κ2) is 5.06. The van der Waals surface area contributed by atoms with Crippen molar-refractivity contribution < 1.29 is 14.0 Å². The van der Waals surface area contributed by atoms with E-state index in [9.17, 15) is 14.0 Å². The Bertz CT molecular complexity index is 507. The van der Waals surface area contributed by atoms with Crippen LogP contribution in [0, 0.1) is 5.82 Å². The van der Waals surface area contributed by atoms with E-state index in [1.54, 1.807) is 0 Å². The zero-order valence-corrected chi connectivity index (χ0v) is 11.3. The number of piperazine rings is 1. The Morgan fingerprint density at radius 3 is 2.83 bits per heavy atom. The average molecular weight is 315 g/mol. The predicted molar refractivity (Wildman–Crippen MR) is 68.7 cm³/mol. The molecule has 1 heterocycles. The van der Waals surface area contributed by atoms with E-state index in [-0.39, 0.29) is 18.4 Å². The number of carbonyl (C=O) groups excluding carboxylic acids is 2. The molecule has 6 heteroatoms. The molecule has 1 aromatic rings. The number of benzene rings is 1. The van der Waals surface area contributed by atoms with Crippen molar-refractivity contribution in [3.05, 3.63) is 28.5 Å². The molecule has 1 saturated heterocycles. The highest BCUT2D eigenvalue weighted by atomic mass is 79.9. The van der Waals surface area contributed by atoms with Crippen molar-refractivity contribution in [3.8, 4) is 0 Å². The molecule has 96 valence electrons. The molecule has 0 spiro atoms. The lowest BCUT2D eigenvalue weighted by Gasteiger charge is -2.32. The molecular formula is C12H12BrFN2O2. The van der Waals surface area contributed by atoms with Crippen LogP contribution in [0.4, 0.5) is 10.1 Å². The first-order valence-corrected chi connectivity index (χ1v) is 6.38. The highest BCUT2D eigenvalue weighted by Gasteiger charge is 2.33. The average Bonchev–Trinajstić information content (AvgIpc) is 2.32. The van der Waals surface area contributed by atoms with Gasteiger partial charge in [0.2, 0.25) is 11.8 Å². The summed E-state index contributed by atoms with van der Waals surface area (Å²) >= 11 is 3.21. The van der Waals surface area contributed by atoms with Gasteiger partial charge in [-0.25, -0.2) is 4.39 Å². The molecule has 2 rings (SSSR count). The molecule has 1 N–H and O–H groups in total. The lowest BCUT2D eigenvalue weighted by atomic mass is 10.1. The van der Waals surface area contributed by atoms with Gasteiger partial charge in [-0.3, -0.25) is 9.59 Å². The number of hydrogen-bond donors (Lipinski definition) is 1. The Morgan fingerprint density at radius 2 is 2.22 bits per heavy atom. The standard InChI is InChI=1S/C12H12BrFN2O2/c1-2-9-12(18)16(6-11(17)15-9)10-4-3-7(14)5-8(10)13/h3-5,9H,2,6H2,1H3,(H,15,17). The van der Waals surface area contributed by atoms with Crippen molar-refractivity contribution in [2.75, 3.05) is 11.4 Å². The minimum atomic E-state index is -0.511. The van der Waals surface area contributed by atoms with E-state index >= 15 is 0 Å². The van der Waals surface area contributed by atoms with Crippen molar-refractivity contribution in [3.63, 3.8) is 0 Å². The first kappa shape index (κ1) is 13.0. The molecule has 0 radical (unpaired) electrons. The van der Waals surface area contributed by atoms with Crippen LogP contribution in [0.1, 0.15) is 13.3 Å². The van der Waals surface area contributed by atoms with Crippen LogP contribution in [0.2, 0.25) is 0 Å². The summed E-state index contributed by atoms with van der Waals surface area (Å²) in [5, 5.41) is 2.63. The molecule has 1 aliphatic heterocycles. The minimum absolute atomic E-state index is 0.0421. The van der Waals surface area contributed by atoms with Crippen molar-refractivity contribution in [2.24, 2.45) is 0 Å². The Balaban J connectivity index is 2.36. The normalized spacial score (nSPS) is 19.9. The fraction of sp³-hybridized carbons (Fsp3) is 0.333. The molecule has 0 bridgehead atoms. The van der Waals surface area contributed by atoms with Crippen LogP contribution >= 0.6 is 15.9 Å². The van der Waals surface area contributed by atoms with Gasteiger partial charge >= 0.3 is 0 Å². The van der Waals surface area contributed by atoms with Crippen molar-refractivity contribution in [1.29, 1.82) is 0 Å². The van der Waals surface area contributed by atoms with Crippen molar-refractivity contribution in [1.82, 2.24) is 5.32 Å². The SMILES string of the molecule is CCC1NC(=O)CN(c2ccc(F)cc2Br)C1=O. The summed E-state index contributed by atoms with van der Waals surface area (Å²) in [6.45, 7) is 1.78. The van der Waals surface area contributed by atoms with Crippen LogP contribution in [0.15, 0.2) is 22.7 Å². The number of rotatable bonds is 2. The molecule has 1 atom stereocenters. The van der Waals surface area contributed by atoms with Crippen LogP contribution in [0.3, 0.4) is 0 Å². The van der Waals surface area contributed by atoms with Crippen LogP contribution in [0.25, 0.3) is 0 Å². The van der Waals surface area contributed by atoms with Crippen LogP contribution in [-0.2, 0) is 9.59 Å². The summed E-state index contributed by atoms with van der Waals surface area (Å²) in [6.07, 6.45) is 0.528. The fourth-order valence-corrected chi connectivity index (χ4v) is 2.46. The second-order valence-corrected chi connectivity index (χ2v) is 4.90. The van der Waals surface area contributed by atoms with Gasteiger partial charge in [-0.05, 0) is 40.5 Å². The summed E-state index contributed by atoms with van der Waals surface area (Å²) in [7, 11) is 0. The third-order valence-corrected chi connectivity index (χ3v) is 3.44. The molecular weight excluding hydrogens is 303 g/mol. The zero-order chi connectivity index (χ0) is 13.3. The van der Waals surface area contributed by atoms with Gasteiger partial charge in [0.1, 0.15) is 18.4 Å². The number of amides is 2. The minimum Gasteiger partial charge on any atom is -0.343 e. The third kappa shape index (κ3) is 2.38. The topological polar surface area (TPSA) is 49.4 Å². The maximum Gasteiger partial charge on any atom is 0.250 e. The lowest BCUT2D eigenvalue weighted by Crippen LogP contribution is -2.58.